The van der Waals surface area contributed by atoms with Gasteiger partial charge in [0.25, 0.3) is 0 Å². The molecule has 0 unspecified atom stereocenters. The fourth-order valence-corrected chi connectivity index (χ4v) is 3.18. The first-order chi connectivity index (χ1) is 11.2. The number of nitrogens with two attached hydrogens (primary N) is 1. The number of alkyl halides is 3. The van der Waals surface area contributed by atoms with Crippen molar-refractivity contribution in [2.45, 2.75) is 18.0 Å². The molecule has 0 aliphatic heterocycles. The molecule has 0 bridgehead atoms. The van der Waals surface area contributed by atoms with Crippen LogP contribution in [-0.2, 0) is 6.18 Å². The first-order valence-electron chi connectivity index (χ1n) is 6.58. The van der Waals surface area contributed by atoms with Crippen LogP contribution in [0.15, 0.2) is 38.9 Å². The average molecular weight is 440 g/mol. The van der Waals surface area contributed by atoms with Gasteiger partial charge in [0.1, 0.15) is 10.9 Å². The van der Waals surface area contributed by atoms with Gasteiger partial charge in [0.15, 0.2) is 5.82 Å². The maximum atomic E-state index is 12.6. The standard InChI is InChI=1S/C14H11BrClF3N4S/c1-2-24-10-3-7(15)5-22-13(10)23-12(16)8-6-21-11(4-9(8)20)14(17,18)19/h3-6H,2H2,1H3,(H2,20,21). The van der Waals surface area contributed by atoms with E-state index in [1.165, 1.54) is 11.8 Å². The topological polar surface area (TPSA) is 64.2 Å². The molecule has 128 valence electrons. The molecule has 2 aromatic heterocycles. The van der Waals surface area contributed by atoms with Crippen molar-refractivity contribution in [3.8, 4) is 0 Å². The van der Waals surface area contributed by atoms with Gasteiger partial charge in [-0.1, -0.05) is 18.5 Å². The monoisotopic (exact) mass is 438 g/mol. The summed E-state index contributed by atoms with van der Waals surface area (Å²) in [7, 11) is 0. The molecule has 2 heterocycles. The molecule has 0 aliphatic rings. The van der Waals surface area contributed by atoms with Crippen molar-refractivity contribution >= 4 is 56.0 Å². The summed E-state index contributed by atoms with van der Waals surface area (Å²) in [4.78, 5) is 12.5. The molecule has 0 aliphatic carbocycles. The Morgan fingerprint density at radius 2 is 2.04 bits per heavy atom. The van der Waals surface area contributed by atoms with Crippen LogP contribution in [-0.4, -0.2) is 20.9 Å². The van der Waals surface area contributed by atoms with Crippen LogP contribution < -0.4 is 5.73 Å². The summed E-state index contributed by atoms with van der Waals surface area (Å²) < 4.78 is 38.7. The van der Waals surface area contributed by atoms with Gasteiger partial charge >= 0.3 is 6.18 Å². The Hall–Kier alpha value is -1.32. The first-order valence-corrected chi connectivity index (χ1v) is 8.73. The summed E-state index contributed by atoms with van der Waals surface area (Å²) in [5.74, 6) is 1.15. The smallest absolute Gasteiger partial charge is 0.398 e. The van der Waals surface area contributed by atoms with Crippen molar-refractivity contribution in [3.05, 3.63) is 40.3 Å². The van der Waals surface area contributed by atoms with Crippen LogP contribution >= 0.6 is 39.3 Å². The van der Waals surface area contributed by atoms with Gasteiger partial charge < -0.3 is 5.73 Å². The van der Waals surface area contributed by atoms with Gasteiger partial charge in [-0.05, 0) is 33.8 Å². The zero-order valence-electron chi connectivity index (χ0n) is 12.2. The highest BCUT2D eigenvalue weighted by molar-refractivity contribution is 9.10. The number of hydrogen-bond donors (Lipinski definition) is 1. The van der Waals surface area contributed by atoms with E-state index in [2.05, 4.69) is 30.9 Å². The summed E-state index contributed by atoms with van der Waals surface area (Å²) in [5.41, 5.74) is 4.52. The van der Waals surface area contributed by atoms with Gasteiger partial charge in [0, 0.05) is 22.6 Å². The van der Waals surface area contributed by atoms with Gasteiger partial charge in [-0.2, -0.15) is 13.2 Å². The van der Waals surface area contributed by atoms with Crippen molar-refractivity contribution in [2.24, 2.45) is 4.99 Å². The Labute approximate surface area is 153 Å². The Balaban J connectivity index is 2.42. The fourth-order valence-electron chi connectivity index (χ4n) is 1.71. The van der Waals surface area contributed by atoms with Crippen molar-refractivity contribution < 1.29 is 13.2 Å². The third kappa shape index (κ3) is 4.61. The molecule has 10 heteroatoms. The second-order valence-electron chi connectivity index (χ2n) is 4.47. The minimum Gasteiger partial charge on any atom is -0.398 e. The Bertz CT molecular complexity index is 783. The van der Waals surface area contributed by atoms with Gasteiger partial charge in [-0.15, -0.1) is 11.8 Å². The quantitative estimate of drug-likeness (QED) is 0.521. The number of nitrogen functional groups attached to an aromatic ring is 1. The molecule has 0 aromatic carbocycles. The van der Waals surface area contributed by atoms with Crippen LogP contribution in [0.2, 0.25) is 0 Å². The second kappa shape index (κ2) is 7.71. The lowest BCUT2D eigenvalue weighted by Crippen LogP contribution is -2.10. The molecule has 24 heavy (non-hydrogen) atoms. The highest BCUT2D eigenvalue weighted by Crippen LogP contribution is 2.32. The van der Waals surface area contributed by atoms with Crippen molar-refractivity contribution in [1.29, 1.82) is 0 Å². The number of thioether (sulfide) groups is 1. The number of nitrogens with zero attached hydrogens (tertiary/aromatic N) is 3. The number of pyridine rings is 2. The van der Waals surface area contributed by atoms with Gasteiger partial charge in [0.05, 0.1) is 10.5 Å². The molecule has 0 radical (unpaired) electrons. The molecule has 2 aromatic rings. The van der Waals surface area contributed by atoms with E-state index in [-0.39, 0.29) is 16.4 Å². The van der Waals surface area contributed by atoms with E-state index in [4.69, 9.17) is 17.3 Å². The normalized spacial score (nSPS) is 12.5. The largest absolute Gasteiger partial charge is 0.433 e. The minimum absolute atomic E-state index is 0.0819. The number of halogens is 5. The highest BCUT2D eigenvalue weighted by Gasteiger charge is 2.33. The number of anilines is 1. The Morgan fingerprint density at radius 1 is 1.33 bits per heavy atom. The SMILES string of the molecule is CCSc1cc(Br)cnc1N=C(Cl)c1cnc(C(F)(F)F)cc1N. The predicted octanol–water partition coefficient (Wildman–Crippen LogP) is 5.27. The molecule has 0 spiro atoms. The summed E-state index contributed by atoms with van der Waals surface area (Å²) in [6.45, 7) is 1.97. The summed E-state index contributed by atoms with van der Waals surface area (Å²) in [6, 6.07) is 2.56. The summed E-state index contributed by atoms with van der Waals surface area (Å²) in [6.07, 6.45) is -2.07. The third-order valence-electron chi connectivity index (χ3n) is 2.75. The lowest BCUT2D eigenvalue weighted by molar-refractivity contribution is -0.141. The molecule has 0 saturated heterocycles. The lowest BCUT2D eigenvalue weighted by Gasteiger charge is -2.09. The maximum absolute atomic E-state index is 12.6. The van der Waals surface area contributed by atoms with Crippen LogP contribution in [0.3, 0.4) is 0 Å². The van der Waals surface area contributed by atoms with E-state index >= 15 is 0 Å². The summed E-state index contributed by atoms with van der Waals surface area (Å²) in [5, 5.41) is -0.0819. The van der Waals surface area contributed by atoms with Crippen LogP contribution in [0.5, 0.6) is 0 Å². The molecule has 2 rings (SSSR count). The Morgan fingerprint density at radius 3 is 2.62 bits per heavy atom. The molecular formula is C14H11BrClF3N4S. The highest BCUT2D eigenvalue weighted by atomic mass is 79.9. The van der Waals surface area contributed by atoms with E-state index in [1.807, 2.05) is 13.0 Å². The van der Waals surface area contributed by atoms with E-state index in [9.17, 15) is 13.2 Å². The van der Waals surface area contributed by atoms with Crippen LogP contribution in [0.25, 0.3) is 0 Å². The Kier molecular flexibility index (Phi) is 6.11. The predicted molar refractivity (Wildman–Crippen MR) is 94.0 cm³/mol. The van der Waals surface area contributed by atoms with Crippen molar-refractivity contribution in [3.63, 3.8) is 0 Å². The second-order valence-corrected chi connectivity index (χ2v) is 7.04. The van der Waals surface area contributed by atoms with Gasteiger partial charge in [0.2, 0.25) is 0 Å². The number of aromatic nitrogens is 2. The average Bonchev–Trinajstić information content (AvgIpc) is 2.49. The zero-order chi connectivity index (χ0) is 17.9. The van der Waals surface area contributed by atoms with E-state index in [0.29, 0.717) is 5.82 Å². The molecule has 0 atom stereocenters. The van der Waals surface area contributed by atoms with Crippen molar-refractivity contribution in [1.82, 2.24) is 9.97 Å². The molecule has 0 fully saturated rings. The first kappa shape index (κ1) is 19.0. The fraction of sp³-hybridized carbons (Fsp3) is 0.214. The molecular weight excluding hydrogens is 429 g/mol. The van der Waals surface area contributed by atoms with Crippen LogP contribution in [0.1, 0.15) is 18.2 Å². The minimum atomic E-state index is -4.57. The van der Waals surface area contributed by atoms with E-state index < -0.39 is 11.9 Å². The van der Waals surface area contributed by atoms with Gasteiger partial charge in [-0.25, -0.2) is 9.98 Å². The summed E-state index contributed by atoms with van der Waals surface area (Å²) >= 11 is 10.9. The maximum Gasteiger partial charge on any atom is 0.433 e. The molecule has 4 nitrogen and oxygen atoms in total. The van der Waals surface area contributed by atoms with E-state index in [1.54, 1.807) is 6.20 Å². The van der Waals surface area contributed by atoms with Crippen molar-refractivity contribution in [2.75, 3.05) is 11.5 Å². The number of aliphatic imine (C=N–C) groups is 1. The molecule has 2 N–H and O–H groups in total. The third-order valence-corrected chi connectivity index (χ3v) is 4.37. The number of hydrogen-bond acceptors (Lipinski definition) is 5. The number of rotatable bonds is 4. The molecule has 0 saturated carbocycles. The van der Waals surface area contributed by atoms with Crippen LogP contribution in [0, 0.1) is 0 Å². The van der Waals surface area contributed by atoms with Gasteiger partial charge in [-0.3, -0.25) is 4.98 Å². The van der Waals surface area contributed by atoms with Crippen LogP contribution in [0.4, 0.5) is 24.7 Å². The molecule has 0 amide bonds. The lowest BCUT2D eigenvalue weighted by atomic mass is 10.2. The van der Waals surface area contributed by atoms with E-state index in [0.717, 1.165) is 27.4 Å². The zero-order valence-corrected chi connectivity index (χ0v) is 15.4.